The molecule has 182 valence electrons. The van der Waals surface area contributed by atoms with E-state index in [1.807, 2.05) is 0 Å². The summed E-state index contributed by atoms with van der Waals surface area (Å²) in [5.74, 6) is 3.39. The fourth-order valence-corrected chi connectivity index (χ4v) is 8.43. The molecule has 0 amide bonds. The van der Waals surface area contributed by atoms with Crippen molar-refractivity contribution in [3.05, 3.63) is 11.7 Å². The number of hydrogen-bond acceptors (Lipinski definition) is 1. The number of halogens is 2. The van der Waals surface area contributed by atoms with Crippen LogP contribution in [-0.2, 0) is 4.74 Å². The third-order valence-corrected chi connectivity index (χ3v) is 11.0. The Hall–Kier alpha value is -0.440. The molecule has 6 rings (SSSR count). The lowest BCUT2D eigenvalue weighted by atomic mass is 9.53. The van der Waals surface area contributed by atoms with Gasteiger partial charge in [0.25, 0.3) is 0 Å². The molecule has 4 saturated carbocycles. The van der Waals surface area contributed by atoms with Crippen molar-refractivity contribution in [2.75, 3.05) is 6.61 Å². The molecule has 0 heterocycles. The van der Waals surface area contributed by atoms with E-state index in [9.17, 15) is 0 Å². The van der Waals surface area contributed by atoms with Crippen LogP contribution in [0.4, 0.5) is 8.78 Å². The van der Waals surface area contributed by atoms with E-state index in [4.69, 9.17) is 4.74 Å². The summed E-state index contributed by atoms with van der Waals surface area (Å²) in [4.78, 5) is 0. The highest BCUT2D eigenvalue weighted by Crippen LogP contribution is 2.63. The third-order valence-electron chi connectivity index (χ3n) is 11.0. The summed E-state index contributed by atoms with van der Waals surface area (Å²) in [6.45, 7) is 5.32. The fourth-order valence-electron chi connectivity index (χ4n) is 8.43. The molecule has 6 aliphatic carbocycles. The zero-order chi connectivity index (χ0) is 22.3. The van der Waals surface area contributed by atoms with Crippen molar-refractivity contribution in [3.8, 4) is 0 Å². The number of ether oxygens (including phenoxy) is 1. The summed E-state index contributed by atoms with van der Waals surface area (Å²) in [6, 6.07) is 0. The Morgan fingerprint density at radius 1 is 0.656 bits per heavy atom. The lowest BCUT2D eigenvalue weighted by Crippen LogP contribution is -2.52. The fraction of sp³-hybridized carbons (Fsp3) is 0.931. The average molecular weight is 449 g/mol. The van der Waals surface area contributed by atoms with Gasteiger partial charge in [0.15, 0.2) is 5.83 Å². The lowest BCUT2D eigenvalue weighted by molar-refractivity contribution is -0.125. The standard InChI is InChI=1S/C29H46F2O/c1-20-3-7-22(8-4-20)19-32-29-17-15-28(16-18-29,26(30)27(29)31)25-13-11-24(12-14-25)23-9-5-21(2)6-10-23/h20-25H,3-19H2,1-2H3. The van der Waals surface area contributed by atoms with E-state index in [-0.39, 0.29) is 0 Å². The van der Waals surface area contributed by atoms with Crippen LogP contribution in [0.1, 0.15) is 117 Å². The van der Waals surface area contributed by atoms with Gasteiger partial charge in [-0.1, -0.05) is 39.5 Å². The van der Waals surface area contributed by atoms with Gasteiger partial charge in [0.1, 0.15) is 11.4 Å². The number of fused-ring (bicyclic) bond motifs is 2. The molecule has 6 aliphatic rings. The van der Waals surface area contributed by atoms with Gasteiger partial charge in [-0.05, 0) is 113 Å². The van der Waals surface area contributed by atoms with E-state index in [2.05, 4.69) is 13.8 Å². The van der Waals surface area contributed by atoms with Gasteiger partial charge in [-0.2, -0.15) is 0 Å². The molecule has 0 radical (unpaired) electrons. The summed E-state index contributed by atoms with van der Waals surface area (Å²) in [5.41, 5.74) is -1.45. The van der Waals surface area contributed by atoms with Crippen molar-refractivity contribution in [1.29, 1.82) is 0 Å². The zero-order valence-electron chi connectivity index (χ0n) is 20.6. The zero-order valence-corrected chi connectivity index (χ0v) is 20.6. The minimum absolute atomic E-state index is 0.338. The molecule has 0 saturated heterocycles. The summed E-state index contributed by atoms with van der Waals surface area (Å²) >= 11 is 0. The van der Waals surface area contributed by atoms with Crippen LogP contribution in [-0.4, -0.2) is 12.2 Å². The monoisotopic (exact) mass is 448 g/mol. The average Bonchev–Trinajstić information content (AvgIpc) is 2.83. The van der Waals surface area contributed by atoms with Gasteiger partial charge in [0, 0.05) is 5.41 Å². The first-order chi connectivity index (χ1) is 15.4. The second kappa shape index (κ2) is 9.31. The van der Waals surface area contributed by atoms with Crippen molar-refractivity contribution in [3.63, 3.8) is 0 Å². The molecule has 0 aliphatic heterocycles. The molecule has 0 spiro atoms. The molecular formula is C29H46F2O. The summed E-state index contributed by atoms with van der Waals surface area (Å²) in [6.07, 6.45) is 18.1. The highest BCUT2D eigenvalue weighted by molar-refractivity contribution is 5.30. The highest BCUT2D eigenvalue weighted by atomic mass is 19.2. The van der Waals surface area contributed by atoms with Crippen LogP contribution in [0, 0.1) is 40.9 Å². The van der Waals surface area contributed by atoms with Crippen molar-refractivity contribution in [2.24, 2.45) is 40.9 Å². The second-order valence-electron chi connectivity index (χ2n) is 12.8. The van der Waals surface area contributed by atoms with Crippen LogP contribution >= 0.6 is 0 Å². The Bertz CT molecular complexity index is 667. The van der Waals surface area contributed by atoms with Gasteiger partial charge in [-0.15, -0.1) is 0 Å². The van der Waals surface area contributed by atoms with Crippen LogP contribution < -0.4 is 0 Å². The summed E-state index contributed by atoms with van der Waals surface area (Å²) in [5, 5.41) is 0. The van der Waals surface area contributed by atoms with Crippen molar-refractivity contribution in [2.45, 2.75) is 122 Å². The van der Waals surface area contributed by atoms with Gasteiger partial charge >= 0.3 is 0 Å². The van der Waals surface area contributed by atoms with Crippen molar-refractivity contribution in [1.82, 2.24) is 0 Å². The van der Waals surface area contributed by atoms with Crippen LogP contribution in [0.15, 0.2) is 11.7 Å². The Labute approximate surface area is 195 Å². The molecule has 2 bridgehead atoms. The molecule has 0 unspecified atom stereocenters. The first kappa shape index (κ1) is 23.3. The molecule has 0 N–H and O–H groups in total. The minimum atomic E-state index is -0.940. The van der Waals surface area contributed by atoms with E-state index < -0.39 is 22.7 Å². The van der Waals surface area contributed by atoms with E-state index in [1.54, 1.807) is 0 Å². The van der Waals surface area contributed by atoms with Gasteiger partial charge in [0.2, 0.25) is 0 Å². The van der Waals surface area contributed by atoms with Crippen molar-refractivity contribution < 1.29 is 13.5 Å². The molecule has 0 atom stereocenters. The summed E-state index contributed by atoms with van der Waals surface area (Å²) < 4.78 is 37.5. The molecule has 32 heavy (non-hydrogen) atoms. The predicted molar refractivity (Wildman–Crippen MR) is 127 cm³/mol. The molecule has 0 aromatic rings. The molecular weight excluding hydrogens is 402 g/mol. The van der Waals surface area contributed by atoms with E-state index >= 15 is 8.78 Å². The van der Waals surface area contributed by atoms with E-state index in [0.717, 1.165) is 49.4 Å². The molecule has 0 aromatic heterocycles. The van der Waals surface area contributed by atoms with Gasteiger partial charge < -0.3 is 4.74 Å². The van der Waals surface area contributed by atoms with Gasteiger partial charge in [-0.3, -0.25) is 0 Å². The van der Waals surface area contributed by atoms with Gasteiger partial charge in [0.05, 0.1) is 6.61 Å². The molecule has 1 nitrogen and oxygen atoms in total. The Kier molecular flexibility index (Phi) is 6.78. The van der Waals surface area contributed by atoms with Crippen LogP contribution in [0.25, 0.3) is 0 Å². The molecule has 3 heteroatoms. The SMILES string of the molecule is CC1CCC(COC23CCC(C4CCC(C5CCC(C)CC5)CC4)(CC2)C(F)=C3F)CC1. The first-order valence-electron chi connectivity index (χ1n) is 14.1. The lowest BCUT2D eigenvalue weighted by Gasteiger charge is -2.55. The second-order valence-corrected chi connectivity index (χ2v) is 12.8. The number of allylic oxidation sites excluding steroid dienone is 1. The number of hydrogen-bond donors (Lipinski definition) is 0. The van der Waals surface area contributed by atoms with Crippen molar-refractivity contribution >= 4 is 0 Å². The normalized spacial score (nSPS) is 47.6. The maximum absolute atomic E-state index is 15.7. The number of rotatable bonds is 5. The van der Waals surface area contributed by atoms with Gasteiger partial charge in [-0.25, -0.2) is 8.78 Å². The van der Waals surface area contributed by atoms with E-state index in [0.29, 0.717) is 31.3 Å². The largest absolute Gasteiger partial charge is 0.367 e. The maximum Gasteiger partial charge on any atom is 0.164 e. The minimum Gasteiger partial charge on any atom is -0.367 e. The third kappa shape index (κ3) is 4.22. The Morgan fingerprint density at radius 3 is 1.72 bits per heavy atom. The molecule has 4 fully saturated rings. The Balaban J connectivity index is 1.20. The first-order valence-corrected chi connectivity index (χ1v) is 14.1. The molecule has 0 aromatic carbocycles. The van der Waals surface area contributed by atoms with Crippen LogP contribution in [0.3, 0.4) is 0 Å². The quantitative estimate of drug-likeness (QED) is 0.408. The summed E-state index contributed by atoms with van der Waals surface area (Å²) in [7, 11) is 0. The highest BCUT2D eigenvalue weighted by Gasteiger charge is 2.59. The van der Waals surface area contributed by atoms with Crippen LogP contribution in [0.5, 0.6) is 0 Å². The van der Waals surface area contributed by atoms with Crippen LogP contribution in [0.2, 0.25) is 0 Å². The predicted octanol–water partition coefficient (Wildman–Crippen LogP) is 8.93. The smallest absolute Gasteiger partial charge is 0.164 e. The Morgan fingerprint density at radius 2 is 1.16 bits per heavy atom. The maximum atomic E-state index is 15.7. The topological polar surface area (TPSA) is 9.23 Å². The van der Waals surface area contributed by atoms with E-state index in [1.165, 1.54) is 64.2 Å².